The van der Waals surface area contributed by atoms with Crippen molar-refractivity contribution in [3.63, 3.8) is 0 Å². The Kier molecular flexibility index (Phi) is 3.54. The van der Waals surface area contributed by atoms with E-state index in [0.29, 0.717) is 18.0 Å². The van der Waals surface area contributed by atoms with Crippen molar-refractivity contribution in [2.75, 3.05) is 6.54 Å². The lowest BCUT2D eigenvalue weighted by molar-refractivity contribution is -0.142. The van der Waals surface area contributed by atoms with Crippen LogP contribution in [0.15, 0.2) is 28.7 Å². The molecule has 5 heteroatoms. The Hall–Kier alpha value is -1.36. The quantitative estimate of drug-likeness (QED) is 0.902. The highest BCUT2D eigenvalue weighted by Gasteiger charge is 2.49. The first kappa shape index (κ1) is 13.6. The SMILES string of the molecule is O=C(O)C1C2CCCC2CN1C(=O)c1ccc(Br)cc1. The van der Waals surface area contributed by atoms with Crippen LogP contribution < -0.4 is 0 Å². The van der Waals surface area contributed by atoms with Gasteiger partial charge in [-0.25, -0.2) is 4.79 Å². The molecular weight excluding hydrogens is 322 g/mol. The van der Waals surface area contributed by atoms with Gasteiger partial charge in [-0.15, -0.1) is 0 Å². The van der Waals surface area contributed by atoms with Gasteiger partial charge in [0.15, 0.2) is 0 Å². The summed E-state index contributed by atoms with van der Waals surface area (Å²) in [4.78, 5) is 25.7. The Bertz CT molecular complexity index is 543. The van der Waals surface area contributed by atoms with Gasteiger partial charge >= 0.3 is 5.97 Å². The maximum Gasteiger partial charge on any atom is 0.326 e. The van der Waals surface area contributed by atoms with Crippen LogP contribution in [0.5, 0.6) is 0 Å². The highest BCUT2D eigenvalue weighted by molar-refractivity contribution is 9.10. The molecule has 106 valence electrons. The predicted molar refractivity (Wildman–Crippen MR) is 77.4 cm³/mol. The first-order valence-electron chi connectivity index (χ1n) is 6.87. The summed E-state index contributed by atoms with van der Waals surface area (Å²) in [5, 5.41) is 9.47. The van der Waals surface area contributed by atoms with Crippen molar-refractivity contribution < 1.29 is 14.7 Å². The van der Waals surface area contributed by atoms with Gasteiger partial charge in [-0.05, 0) is 48.9 Å². The first-order valence-corrected chi connectivity index (χ1v) is 7.66. The van der Waals surface area contributed by atoms with Crippen LogP contribution in [0.1, 0.15) is 29.6 Å². The van der Waals surface area contributed by atoms with Crippen molar-refractivity contribution in [2.24, 2.45) is 11.8 Å². The predicted octanol–water partition coefficient (Wildman–Crippen LogP) is 2.77. The molecule has 1 amide bonds. The highest BCUT2D eigenvalue weighted by Crippen LogP contribution is 2.42. The molecule has 1 saturated carbocycles. The second kappa shape index (κ2) is 5.20. The summed E-state index contributed by atoms with van der Waals surface area (Å²) in [6.07, 6.45) is 3.05. The average Bonchev–Trinajstić information content (AvgIpc) is 2.97. The maximum absolute atomic E-state index is 12.6. The first-order chi connectivity index (χ1) is 9.58. The minimum Gasteiger partial charge on any atom is -0.480 e. The van der Waals surface area contributed by atoms with Gasteiger partial charge in [-0.3, -0.25) is 4.79 Å². The zero-order chi connectivity index (χ0) is 14.3. The zero-order valence-electron chi connectivity index (χ0n) is 11.0. The standard InChI is InChI=1S/C15H16BrNO3/c16-11-6-4-9(5-7-11)14(18)17-8-10-2-1-3-12(10)13(17)15(19)20/h4-7,10,12-13H,1-3,8H2,(H,19,20). The fourth-order valence-corrected chi connectivity index (χ4v) is 3.85. The van der Waals surface area contributed by atoms with Crippen LogP contribution >= 0.6 is 15.9 Å². The number of fused-ring (bicyclic) bond motifs is 1. The largest absolute Gasteiger partial charge is 0.480 e. The molecule has 1 saturated heterocycles. The Morgan fingerprint density at radius 1 is 1.20 bits per heavy atom. The van der Waals surface area contributed by atoms with E-state index in [1.54, 1.807) is 29.2 Å². The summed E-state index contributed by atoms with van der Waals surface area (Å²) in [5.74, 6) is -0.549. The number of carbonyl (C=O) groups excluding carboxylic acids is 1. The molecule has 1 aliphatic heterocycles. The molecule has 1 aromatic rings. The van der Waals surface area contributed by atoms with E-state index >= 15 is 0 Å². The lowest BCUT2D eigenvalue weighted by atomic mass is 9.94. The van der Waals surface area contributed by atoms with E-state index in [0.717, 1.165) is 23.7 Å². The fraction of sp³-hybridized carbons (Fsp3) is 0.467. The Morgan fingerprint density at radius 3 is 2.55 bits per heavy atom. The van der Waals surface area contributed by atoms with E-state index < -0.39 is 12.0 Å². The van der Waals surface area contributed by atoms with Crippen molar-refractivity contribution in [3.8, 4) is 0 Å². The number of amides is 1. The zero-order valence-corrected chi connectivity index (χ0v) is 12.5. The minimum atomic E-state index is -0.870. The number of carboxylic acid groups (broad SMARTS) is 1. The summed E-state index contributed by atoms with van der Waals surface area (Å²) in [6.45, 7) is 0.580. The fourth-order valence-electron chi connectivity index (χ4n) is 3.59. The third-order valence-electron chi connectivity index (χ3n) is 4.50. The van der Waals surface area contributed by atoms with Gasteiger partial charge < -0.3 is 10.0 Å². The second-order valence-electron chi connectivity index (χ2n) is 5.60. The van der Waals surface area contributed by atoms with Gasteiger partial charge in [0.2, 0.25) is 0 Å². The van der Waals surface area contributed by atoms with E-state index in [-0.39, 0.29) is 11.8 Å². The normalized spacial score (nSPS) is 28.4. The molecule has 2 fully saturated rings. The molecule has 20 heavy (non-hydrogen) atoms. The van der Waals surface area contributed by atoms with Crippen LogP contribution in [0.2, 0.25) is 0 Å². The van der Waals surface area contributed by atoms with Gasteiger partial charge in [0.1, 0.15) is 6.04 Å². The third kappa shape index (κ3) is 2.24. The van der Waals surface area contributed by atoms with Crippen molar-refractivity contribution in [1.29, 1.82) is 0 Å². The topological polar surface area (TPSA) is 57.6 Å². The van der Waals surface area contributed by atoms with E-state index in [9.17, 15) is 14.7 Å². The molecule has 0 spiro atoms. The smallest absolute Gasteiger partial charge is 0.326 e. The molecule has 1 aliphatic carbocycles. The molecule has 0 bridgehead atoms. The molecule has 4 nitrogen and oxygen atoms in total. The Labute approximate surface area is 125 Å². The van der Waals surface area contributed by atoms with E-state index in [2.05, 4.69) is 15.9 Å². The number of nitrogens with zero attached hydrogens (tertiary/aromatic N) is 1. The van der Waals surface area contributed by atoms with Crippen LogP contribution in [0.4, 0.5) is 0 Å². The summed E-state index contributed by atoms with van der Waals surface area (Å²) in [5.41, 5.74) is 0.555. The molecule has 1 aromatic carbocycles. The molecular formula is C15H16BrNO3. The van der Waals surface area contributed by atoms with Crippen molar-refractivity contribution in [2.45, 2.75) is 25.3 Å². The van der Waals surface area contributed by atoms with Crippen molar-refractivity contribution in [3.05, 3.63) is 34.3 Å². The number of benzene rings is 1. The summed E-state index contributed by atoms with van der Waals surface area (Å²) in [6, 6.07) is 6.43. The highest BCUT2D eigenvalue weighted by atomic mass is 79.9. The number of aliphatic carboxylic acids is 1. The van der Waals surface area contributed by atoms with Gasteiger partial charge in [0.25, 0.3) is 5.91 Å². The van der Waals surface area contributed by atoms with E-state index in [1.165, 1.54) is 0 Å². The minimum absolute atomic E-state index is 0.131. The van der Waals surface area contributed by atoms with Crippen molar-refractivity contribution in [1.82, 2.24) is 4.90 Å². The monoisotopic (exact) mass is 337 g/mol. The number of likely N-dealkylation sites (tertiary alicyclic amines) is 1. The van der Waals surface area contributed by atoms with Crippen LogP contribution in [0.25, 0.3) is 0 Å². The van der Waals surface area contributed by atoms with Gasteiger partial charge in [0.05, 0.1) is 0 Å². The lowest BCUT2D eigenvalue weighted by Crippen LogP contribution is -2.43. The Morgan fingerprint density at radius 2 is 1.90 bits per heavy atom. The summed E-state index contributed by atoms with van der Waals surface area (Å²) < 4.78 is 0.905. The number of rotatable bonds is 2. The molecule has 1 N–H and O–H groups in total. The Balaban J connectivity index is 1.87. The van der Waals surface area contributed by atoms with Gasteiger partial charge in [-0.1, -0.05) is 22.4 Å². The number of carbonyl (C=O) groups is 2. The molecule has 3 atom stereocenters. The van der Waals surface area contributed by atoms with Crippen LogP contribution in [-0.4, -0.2) is 34.5 Å². The van der Waals surface area contributed by atoms with Gasteiger partial charge in [-0.2, -0.15) is 0 Å². The molecule has 3 rings (SSSR count). The summed E-state index contributed by atoms with van der Waals surface area (Å²) in [7, 11) is 0. The summed E-state index contributed by atoms with van der Waals surface area (Å²) >= 11 is 3.33. The van der Waals surface area contributed by atoms with Gasteiger partial charge in [0, 0.05) is 16.6 Å². The molecule has 0 radical (unpaired) electrons. The molecule has 1 heterocycles. The number of hydrogen-bond acceptors (Lipinski definition) is 2. The molecule has 0 aromatic heterocycles. The number of halogens is 1. The van der Waals surface area contributed by atoms with Crippen LogP contribution in [0.3, 0.4) is 0 Å². The molecule has 2 aliphatic rings. The van der Waals surface area contributed by atoms with Crippen LogP contribution in [-0.2, 0) is 4.79 Å². The lowest BCUT2D eigenvalue weighted by Gasteiger charge is -2.24. The van der Waals surface area contributed by atoms with E-state index in [4.69, 9.17) is 0 Å². The third-order valence-corrected chi connectivity index (χ3v) is 5.02. The maximum atomic E-state index is 12.6. The average molecular weight is 338 g/mol. The van der Waals surface area contributed by atoms with Crippen molar-refractivity contribution >= 4 is 27.8 Å². The number of hydrogen-bond donors (Lipinski definition) is 1. The van der Waals surface area contributed by atoms with Crippen LogP contribution in [0, 0.1) is 11.8 Å². The molecule has 3 unspecified atom stereocenters. The second-order valence-corrected chi connectivity index (χ2v) is 6.52. The van der Waals surface area contributed by atoms with E-state index in [1.807, 2.05) is 0 Å². The number of carboxylic acids is 1.